The number of aliphatic hydroxyl groups is 3. The van der Waals surface area contributed by atoms with Crippen LogP contribution in [0.2, 0.25) is 0 Å². The monoisotopic (exact) mass is 345 g/mol. The summed E-state index contributed by atoms with van der Waals surface area (Å²) in [5.74, 6) is -0.980. The van der Waals surface area contributed by atoms with Crippen molar-refractivity contribution in [3.05, 3.63) is 11.9 Å². The number of amides is 3. The van der Waals surface area contributed by atoms with Gasteiger partial charge in [0, 0.05) is 0 Å². The van der Waals surface area contributed by atoms with E-state index in [1.54, 1.807) is 0 Å². The van der Waals surface area contributed by atoms with Crippen molar-refractivity contribution in [3.63, 3.8) is 0 Å². The third-order valence-electron chi connectivity index (χ3n) is 3.87. The van der Waals surface area contributed by atoms with Crippen LogP contribution >= 0.6 is 0 Å². The number of ether oxygens (including phenoxy) is 1. The van der Waals surface area contributed by atoms with Gasteiger partial charge in [-0.2, -0.15) is 0 Å². The lowest BCUT2D eigenvalue weighted by Crippen LogP contribution is -2.55. The Morgan fingerprint density at radius 1 is 1.38 bits per heavy atom. The Morgan fingerprint density at radius 2 is 2.12 bits per heavy atom. The molecular formula is C12H16FN5O6. The molecule has 0 radical (unpaired) electrons. The normalized spacial score (nSPS) is 33.8. The van der Waals surface area contributed by atoms with E-state index in [2.05, 4.69) is 10.3 Å². The Kier molecular flexibility index (Phi) is 4.45. The molecule has 5 atom stereocenters. The van der Waals surface area contributed by atoms with Gasteiger partial charge in [-0.05, 0) is 0 Å². The zero-order chi connectivity index (χ0) is 17.4. The molecule has 24 heavy (non-hydrogen) atoms. The van der Waals surface area contributed by atoms with Crippen molar-refractivity contribution in [2.45, 2.75) is 37.3 Å². The molecule has 2 saturated heterocycles. The van der Waals surface area contributed by atoms with Crippen LogP contribution < -0.4 is 5.32 Å². The van der Waals surface area contributed by atoms with Gasteiger partial charge in [-0.15, -0.1) is 5.10 Å². The molecule has 11 nitrogen and oxygen atoms in total. The summed E-state index contributed by atoms with van der Waals surface area (Å²) in [4.78, 5) is 23.7. The number of nitrogens with zero attached hydrogens (tertiary/aromatic N) is 4. The number of urea groups is 1. The Bertz CT molecular complexity index is 641. The largest absolute Gasteiger partial charge is 0.394 e. The first-order valence-corrected chi connectivity index (χ1v) is 7.17. The Balaban J connectivity index is 1.68. The number of hydrogen-bond donors (Lipinski definition) is 4. The van der Waals surface area contributed by atoms with E-state index in [1.165, 1.54) is 6.20 Å². The summed E-state index contributed by atoms with van der Waals surface area (Å²) in [6.45, 7) is -0.976. The molecule has 4 N–H and O–H groups in total. The first kappa shape index (κ1) is 16.7. The molecule has 3 heterocycles. The van der Waals surface area contributed by atoms with Crippen molar-refractivity contribution in [2.75, 3.05) is 13.2 Å². The van der Waals surface area contributed by atoms with Gasteiger partial charge in [0.2, 0.25) is 0 Å². The lowest BCUT2D eigenvalue weighted by atomic mass is 10.1. The van der Waals surface area contributed by atoms with E-state index in [1.807, 2.05) is 5.32 Å². The first-order chi connectivity index (χ1) is 11.4. The summed E-state index contributed by atoms with van der Waals surface area (Å²) in [5.41, 5.74) is 0.268. The zero-order valence-corrected chi connectivity index (χ0v) is 12.3. The van der Waals surface area contributed by atoms with E-state index in [0.29, 0.717) is 0 Å². The van der Waals surface area contributed by atoms with Gasteiger partial charge in [-0.1, -0.05) is 5.21 Å². The molecule has 3 amide bonds. The van der Waals surface area contributed by atoms with Crippen molar-refractivity contribution in [3.8, 4) is 0 Å². The van der Waals surface area contributed by atoms with Gasteiger partial charge in [0.1, 0.15) is 24.0 Å². The summed E-state index contributed by atoms with van der Waals surface area (Å²) in [7, 11) is 0. The standard InChI is InChI=1S/C12H16FN5O6/c13-6-3-17(12(23)14-10(6)22)1-5-2-18(16-15-5)11-9(21)8(20)7(4-19)24-11/h2,6-9,11,19-21H,1,3-4H2,(H,14,22,23)/t6?,7-,8+,9?,11-/m1/s1. The van der Waals surface area contributed by atoms with Crippen LogP contribution in [0.25, 0.3) is 0 Å². The summed E-state index contributed by atoms with van der Waals surface area (Å²) in [6.07, 6.45) is -5.06. The minimum atomic E-state index is -1.82. The van der Waals surface area contributed by atoms with Gasteiger partial charge in [-0.3, -0.25) is 10.1 Å². The molecule has 0 saturated carbocycles. The lowest BCUT2D eigenvalue weighted by molar-refractivity contribution is -0.127. The van der Waals surface area contributed by atoms with Gasteiger partial charge >= 0.3 is 6.03 Å². The van der Waals surface area contributed by atoms with Gasteiger partial charge in [0.05, 0.1) is 25.9 Å². The second kappa shape index (κ2) is 6.39. The number of carbonyl (C=O) groups excluding carboxylic acids is 2. The molecule has 2 unspecified atom stereocenters. The third kappa shape index (κ3) is 2.96. The highest BCUT2D eigenvalue weighted by Gasteiger charge is 2.44. The average molecular weight is 345 g/mol. The average Bonchev–Trinajstić information content (AvgIpc) is 3.11. The minimum Gasteiger partial charge on any atom is -0.394 e. The smallest absolute Gasteiger partial charge is 0.324 e. The van der Waals surface area contributed by atoms with Gasteiger partial charge in [0.25, 0.3) is 5.91 Å². The highest BCUT2D eigenvalue weighted by atomic mass is 19.1. The Labute approximate surface area is 134 Å². The second-order valence-corrected chi connectivity index (χ2v) is 5.56. The molecule has 0 aromatic carbocycles. The van der Waals surface area contributed by atoms with E-state index in [0.717, 1.165) is 9.58 Å². The molecule has 1 aromatic heterocycles. The minimum absolute atomic E-state index is 0.103. The molecule has 12 heteroatoms. The predicted octanol–water partition coefficient (Wildman–Crippen LogP) is -2.72. The van der Waals surface area contributed by atoms with Crippen molar-refractivity contribution in [1.82, 2.24) is 25.2 Å². The van der Waals surface area contributed by atoms with Gasteiger partial charge in [0.15, 0.2) is 12.4 Å². The molecule has 0 aliphatic carbocycles. The van der Waals surface area contributed by atoms with E-state index >= 15 is 0 Å². The molecular weight excluding hydrogens is 329 g/mol. The Hall–Kier alpha value is -2.15. The summed E-state index contributed by atoms with van der Waals surface area (Å²) in [6, 6.07) is -0.739. The number of aliphatic hydroxyl groups excluding tert-OH is 3. The van der Waals surface area contributed by atoms with Crippen LogP contribution in [0.5, 0.6) is 0 Å². The number of nitrogens with one attached hydrogen (secondary N) is 1. The summed E-state index contributed by atoms with van der Waals surface area (Å²) >= 11 is 0. The van der Waals surface area contributed by atoms with Crippen LogP contribution in [0.1, 0.15) is 11.9 Å². The molecule has 0 bridgehead atoms. The topological polar surface area (TPSA) is 150 Å². The number of hydrogen-bond acceptors (Lipinski definition) is 8. The second-order valence-electron chi connectivity index (χ2n) is 5.56. The first-order valence-electron chi connectivity index (χ1n) is 7.17. The predicted molar refractivity (Wildman–Crippen MR) is 71.9 cm³/mol. The number of halogens is 1. The van der Waals surface area contributed by atoms with Crippen LogP contribution in [0, 0.1) is 0 Å². The number of alkyl halides is 1. The van der Waals surface area contributed by atoms with Gasteiger partial charge < -0.3 is 25.0 Å². The number of carbonyl (C=O) groups is 2. The fraction of sp³-hybridized carbons (Fsp3) is 0.667. The maximum absolute atomic E-state index is 13.4. The SMILES string of the molecule is O=C1NC(=O)N(Cc2cn([C@@H]3O[C@H](CO)[C@H](O)C3O)nn2)CC1F. The van der Waals surface area contributed by atoms with Crippen LogP contribution in [0.15, 0.2) is 6.20 Å². The van der Waals surface area contributed by atoms with E-state index in [-0.39, 0.29) is 12.2 Å². The highest BCUT2D eigenvalue weighted by Crippen LogP contribution is 2.28. The molecule has 2 fully saturated rings. The van der Waals surface area contributed by atoms with E-state index in [9.17, 15) is 24.2 Å². The zero-order valence-electron chi connectivity index (χ0n) is 12.3. The van der Waals surface area contributed by atoms with E-state index < -0.39 is 55.8 Å². The maximum Gasteiger partial charge on any atom is 0.324 e. The molecule has 2 aliphatic heterocycles. The van der Waals surface area contributed by atoms with Crippen LogP contribution in [0.4, 0.5) is 9.18 Å². The van der Waals surface area contributed by atoms with Crippen molar-refractivity contribution >= 4 is 11.9 Å². The molecule has 2 aliphatic rings. The van der Waals surface area contributed by atoms with Crippen LogP contribution in [-0.2, 0) is 16.1 Å². The molecule has 3 rings (SSSR count). The van der Waals surface area contributed by atoms with Crippen molar-refractivity contribution < 1.29 is 34.0 Å². The van der Waals surface area contributed by atoms with Crippen molar-refractivity contribution in [1.29, 1.82) is 0 Å². The fourth-order valence-electron chi connectivity index (χ4n) is 2.56. The number of aromatic nitrogens is 3. The molecule has 132 valence electrons. The van der Waals surface area contributed by atoms with E-state index in [4.69, 9.17) is 9.84 Å². The van der Waals surface area contributed by atoms with Crippen LogP contribution in [-0.4, -0.2) is 84.8 Å². The van der Waals surface area contributed by atoms with Crippen LogP contribution in [0.3, 0.4) is 0 Å². The highest BCUT2D eigenvalue weighted by molar-refractivity contribution is 5.99. The fourth-order valence-corrected chi connectivity index (χ4v) is 2.56. The lowest BCUT2D eigenvalue weighted by Gasteiger charge is -2.27. The summed E-state index contributed by atoms with van der Waals surface area (Å²) in [5, 5.41) is 38.1. The quantitative estimate of drug-likeness (QED) is 0.460. The maximum atomic E-state index is 13.4. The third-order valence-corrected chi connectivity index (χ3v) is 3.87. The number of imide groups is 1. The summed E-state index contributed by atoms with van der Waals surface area (Å²) < 4.78 is 19.8. The molecule has 1 aromatic rings. The molecule has 0 spiro atoms. The Morgan fingerprint density at radius 3 is 2.79 bits per heavy atom. The van der Waals surface area contributed by atoms with Gasteiger partial charge in [-0.25, -0.2) is 13.9 Å². The number of rotatable bonds is 4. The van der Waals surface area contributed by atoms with Crippen molar-refractivity contribution in [2.24, 2.45) is 0 Å².